The summed E-state index contributed by atoms with van der Waals surface area (Å²) in [7, 11) is 0. The van der Waals surface area contributed by atoms with Gasteiger partial charge in [-0.15, -0.1) is 10.2 Å². The highest BCUT2D eigenvalue weighted by atomic mass is 15.3. The molecule has 4 nitrogen and oxygen atoms in total. The maximum Gasteiger partial charge on any atom is 0.147 e. The van der Waals surface area contributed by atoms with Gasteiger partial charge in [0, 0.05) is 12.0 Å². The molecule has 2 saturated carbocycles. The minimum Gasteiger partial charge on any atom is -0.324 e. The normalized spacial score (nSPS) is 28.1. The molecule has 82 valence electrons. The zero-order valence-electron chi connectivity index (χ0n) is 9.40. The van der Waals surface area contributed by atoms with Crippen molar-refractivity contribution in [1.29, 1.82) is 0 Å². The molecule has 2 aliphatic carbocycles. The number of nitrogens with zero attached hydrogens (tertiary/aromatic N) is 3. The molecule has 0 radical (unpaired) electrons. The summed E-state index contributed by atoms with van der Waals surface area (Å²) >= 11 is 0. The number of aromatic nitrogens is 3. The van der Waals surface area contributed by atoms with Crippen molar-refractivity contribution in [2.45, 2.75) is 51.6 Å². The third-order valence-corrected chi connectivity index (χ3v) is 3.71. The van der Waals surface area contributed by atoms with Gasteiger partial charge in [0.05, 0.1) is 6.54 Å². The average Bonchev–Trinajstić information content (AvgIpc) is 3.08. The van der Waals surface area contributed by atoms with Crippen molar-refractivity contribution in [3.8, 4) is 0 Å². The Bertz CT molecular complexity index is 389. The number of hydrogen-bond acceptors (Lipinski definition) is 3. The zero-order valence-corrected chi connectivity index (χ0v) is 9.40. The van der Waals surface area contributed by atoms with E-state index < -0.39 is 0 Å². The first kappa shape index (κ1) is 9.33. The summed E-state index contributed by atoms with van der Waals surface area (Å²) in [5.41, 5.74) is 6.12. The highest BCUT2D eigenvalue weighted by molar-refractivity contribution is 5.18. The molecule has 1 atom stereocenters. The van der Waals surface area contributed by atoms with Gasteiger partial charge in [-0.25, -0.2) is 0 Å². The van der Waals surface area contributed by atoms with E-state index in [1.807, 2.05) is 0 Å². The monoisotopic (exact) mass is 206 g/mol. The van der Waals surface area contributed by atoms with E-state index in [4.69, 9.17) is 5.73 Å². The van der Waals surface area contributed by atoms with E-state index in [2.05, 4.69) is 28.6 Å². The van der Waals surface area contributed by atoms with E-state index in [1.165, 1.54) is 25.1 Å². The Morgan fingerprint density at radius 2 is 2.07 bits per heavy atom. The van der Waals surface area contributed by atoms with Gasteiger partial charge in [0.1, 0.15) is 11.6 Å². The van der Waals surface area contributed by atoms with Crippen molar-refractivity contribution in [2.75, 3.05) is 0 Å². The second-order valence-electron chi connectivity index (χ2n) is 5.53. The molecule has 3 rings (SSSR count). The van der Waals surface area contributed by atoms with Gasteiger partial charge in [-0.1, -0.05) is 13.8 Å². The summed E-state index contributed by atoms with van der Waals surface area (Å²) in [6.07, 6.45) is 3.78. The van der Waals surface area contributed by atoms with E-state index in [-0.39, 0.29) is 0 Å². The molecule has 0 aromatic carbocycles. The first-order valence-corrected chi connectivity index (χ1v) is 5.77. The number of hydrogen-bond donors (Lipinski definition) is 1. The van der Waals surface area contributed by atoms with Crippen molar-refractivity contribution in [3.05, 3.63) is 11.6 Å². The molecule has 0 amide bonds. The van der Waals surface area contributed by atoms with E-state index in [1.54, 1.807) is 0 Å². The highest BCUT2D eigenvalue weighted by Gasteiger charge is 2.50. The minimum atomic E-state index is 0.422. The second-order valence-corrected chi connectivity index (χ2v) is 5.53. The number of rotatable bonds is 3. The van der Waals surface area contributed by atoms with Crippen LogP contribution in [0.4, 0.5) is 0 Å². The Morgan fingerprint density at radius 1 is 1.40 bits per heavy atom. The first-order chi connectivity index (χ1) is 7.13. The van der Waals surface area contributed by atoms with Gasteiger partial charge in [0.15, 0.2) is 0 Å². The summed E-state index contributed by atoms with van der Waals surface area (Å²) in [6.45, 7) is 5.11. The SMILES string of the molecule is CC1(C)CC1c1nnc(CN)n1C1CC1. The van der Waals surface area contributed by atoms with Crippen LogP contribution in [0.3, 0.4) is 0 Å². The van der Waals surface area contributed by atoms with Crippen LogP contribution in [0.15, 0.2) is 0 Å². The average molecular weight is 206 g/mol. The molecule has 1 aromatic rings. The maximum absolute atomic E-state index is 5.69. The van der Waals surface area contributed by atoms with Gasteiger partial charge in [-0.3, -0.25) is 0 Å². The Balaban J connectivity index is 1.97. The van der Waals surface area contributed by atoms with Crippen LogP contribution < -0.4 is 5.73 Å². The molecule has 0 aliphatic heterocycles. The Morgan fingerprint density at radius 3 is 2.53 bits per heavy atom. The molecule has 2 N–H and O–H groups in total. The van der Waals surface area contributed by atoms with Gasteiger partial charge >= 0.3 is 0 Å². The van der Waals surface area contributed by atoms with Crippen molar-refractivity contribution < 1.29 is 0 Å². The predicted octanol–water partition coefficient (Wildman–Crippen LogP) is 1.59. The fourth-order valence-corrected chi connectivity index (χ4v) is 2.35. The van der Waals surface area contributed by atoms with Crippen LogP contribution in [0.1, 0.15) is 56.7 Å². The Kier molecular flexibility index (Phi) is 1.75. The molecular weight excluding hydrogens is 188 g/mol. The topological polar surface area (TPSA) is 56.7 Å². The van der Waals surface area contributed by atoms with Gasteiger partial charge in [-0.2, -0.15) is 0 Å². The molecule has 1 unspecified atom stereocenters. The van der Waals surface area contributed by atoms with E-state index in [0.29, 0.717) is 23.9 Å². The first-order valence-electron chi connectivity index (χ1n) is 5.77. The van der Waals surface area contributed by atoms with Crippen molar-refractivity contribution in [3.63, 3.8) is 0 Å². The van der Waals surface area contributed by atoms with E-state index in [0.717, 1.165) is 5.82 Å². The summed E-state index contributed by atoms with van der Waals surface area (Å²) in [5, 5.41) is 8.55. The van der Waals surface area contributed by atoms with Gasteiger partial charge in [0.2, 0.25) is 0 Å². The molecule has 0 saturated heterocycles. The third kappa shape index (κ3) is 1.39. The smallest absolute Gasteiger partial charge is 0.147 e. The van der Waals surface area contributed by atoms with Crippen LogP contribution >= 0.6 is 0 Å². The van der Waals surface area contributed by atoms with Crippen molar-refractivity contribution >= 4 is 0 Å². The fourth-order valence-electron chi connectivity index (χ4n) is 2.35. The minimum absolute atomic E-state index is 0.422. The Labute approximate surface area is 89.9 Å². The van der Waals surface area contributed by atoms with E-state index in [9.17, 15) is 0 Å². The van der Waals surface area contributed by atoms with Crippen LogP contribution in [-0.2, 0) is 6.54 Å². The largest absolute Gasteiger partial charge is 0.324 e. The fraction of sp³-hybridized carbons (Fsp3) is 0.818. The zero-order chi connectivity index (χ0) is 10.6. The molecule has 0 spiro atoms. The molecule has 2 fully saturated rings. The summed E-state index contributed by atoms with van der Waals surface area (Å²) in [4.78, 5) is 0. The predicted molar refractivity (Wildman–Crippen MR) is 57.3 cm³/mol. The van der Waals surface area contributed by atoms with Crippen LogP contribution in [0.5, 0.6) is 0 Å². The summed E-state index contributed by atoms with van der Waals surface area (Å²) in [6, 6.07) is 0.643. The molecule has 1 heterocycles. The van der Waals surface area contributed by atoms with Gasteiger partial charge in [0.25, 0.3) is 0 Å². The van der Waals surface area contributed by atoms with Crippen molar-refractivity contribution in [1.82, 2.24) is 14.8 Å². The summed E-state index contributed by atoms with van der Waals surface area (Å²) in [5.74, 6) is 2.75. The molecule has 0 bridgehead atoms. The standard InChI is InChI=1S/C11H18N4/c1-11(2)5-8(11)10-14-13-9(6-12)15(10)7-3-4-7/h7-8H,3-6,12H2,1-2H3. The third-order valence-electron chi connectivity index (χ3n) is 3.71. The molecule has 2 aliphatic rings. The van der Waals surface area contributed by atoms with Crippen molar-refractivity contribution in [2.24, 2.45) is 11.1 Å². The van der Waals surface area contributed by atoms with Gasteiger partial charge in [-0.05, 0) is 24.7 Å². The lowest BCUT2D eigenvalue weighted by Crippen LogP contribution is -2.10. The number of nitrogens with two attached hydrogens (primary N) is 1. The Hall–Kier alpha value is -0.900. The molecule has 15 heavy (non-hydrogen) atoms. The van der Waals surface area contributed by atoms with Gasteiger partial charge < -0.3 is 10.3 Å². The molecule has 1 aromatic heterocycles. The lowest BCUT2D eigenvalue weighted by molar-refractivity contribution is 0.573. The van der Waals surface area contributed by atoms with E-state index >= 15 is 0 Å². The lowest BCUT2D eigenvalue weighted by Gasteiger charge is -2.08. The van der Waals surface area contributed by atoms with Crippen LogP contribution in [0.25, 0.3) is 0 Å². The lowest BCUT2D eigenvalue weighted by atomic mass is 10.1. The molecular formula is C11H18N4. The maximum atomic E-state index is 5.69. The van der Waals surface area contributed by atoms with Crippen LogP contribution in [0, 0.1) is 5.41 Å². The second kappa shape index (κ2) is 2.82. The summed E-state index contributed by atoms with van der Waals surface area (Å²) < 4.78 is 2.30. The molecule has 4 heteroatoms. The quantitative estimate of drug-likeness (QED) is 0.817. The van der Waals surface area contributed by atoms with Crippen LogP contribution in [0.2, 0.25) is 0 Å². The van der Waals surface area contributed by atoms with Crippen LogP contribution in [-0.4, -0.2) is 14.8 Å². The highest BCUT2D eigenvalue weighted by Crippen LogP contribution is 2.59.